The fourth-order valence-electron chi connectivity index (χ4n) is 2.18. The van der Waals surface area contributed by atoms with E-state index in [0.29, 0.717) is 17.0 Å². The third-order valence-corrected chi connectivity index (χ3v) is 3.66. The number of nitrogens with one attached hydrogen (secondary N) is 2. The highest BCUT2D eigenvalue weighted by molar-refractivity contribution is 5.82. The summed E-state index contributed by atoms with van der Waals surface area (Å²) in [6, 6.07) is 3.66. The molecule has 0 spiro atoms. The summed E-state index contributed by atoms with van der Waals surface area (Å²) in [5, 5.41) is 5.74. The van der Waals surface area contributed by atoms with E-state index in [0.717, 1.165) is 25.2 Å². The molecule has 1 amide bonds. The van der Waals surface area contributed by atoms with Crippen molar-refractivity contribution in [2.45, 2.75) is 25.2 Å². The minimum Gasteiger partial charge on any atom is -0.349 e. The summed E-state index contributed by atoms with van der Waals surface area (Å²) in [6.45, 7) is 1.05. The van der Waals surface area contributed by atoms with Crippen LogP contribution in [0.1, 0.15) is 17.8 Å². The molecule has 0 bridgehead atoms. The Labute approximate surface area is 135 Å². The number of alkyl halides is 3. The summed E-state index contributed by atoms with van der Waals surface area (Å²) in [7, 11) is 0. The lowest BCUT2D eigenvalue weighted by Gasteiger charge is -2.26. The topological polar surface area (TPSA) is 79.8 Å². The SMILES string of the molecule is O=C(NCc1cc(-c2ccc(C(F)(F)F)nc2)ncn1)[C@@H]1CCN1. The Morgan fingerprint density at radius 1 is 1.29 bits per heavy atom. The number of carbonyl (C=O) groups excluding carboxylic acids is 1. The van der Waals surface area contributed by atoms with E-state index < -0.39 is 11.9 Å². The average Bonchev–Trinajstić information content (AvgIpc) is 2.51. The summed E-state index contributed by atoms with van der Waals surface area (Å²) in [5.74, 6) is -0.0994. The van der Waals surface area contributed by atoms with Gasteiger partial charge in [-0.05, 0) is 31.2 Å². The molecule has 9 heteroatoms. The van der Waals surface area contributed by atoms with Gasteiger partial charge in [-0.3, -0.25) is 9.78 Å². The van der Waals surface area contributed by atoms with Crippen LogP contribution in [0, 0.1) is 0 Å². The maximum Gasteiger partial charge on any atom is 0.433 e. The monoisotopic (exact) mass is 337 g/mol. The van der Waals surface area contributed by atoms with Crippen molar-refractivity contribution < 1.29 is 18.0 Å². The van der Waals surface area contributed by atoms with E-state index in [-0.39, 0.29) is 18.5 Å². The molecule has 1 atom stereocenters. The molecule has 1 aliphatic heterocycles. The molecule has 2 aromatic rings. The first-order chi connectivity index (χ1) is 11.4. The first-order valence-electron chi connectivity index (χ1n) is 7.29. The van der Waals surface area contributed by atoms with Crippen LogP contribution in [0.25, 0.3) is 11.3 Å². The van der Waals surface area contributed by atoms with Crippen molar-refractivity contribution in [3.8, 4) is 11.3 Å². The molecule has 0 aliphatic carbocycles. The van der Waals surface area contributed by atoms with Crippen molar-refractivity contribution in [2.24, 2.45) is 0 Å². The van der Waals surface area contributed by atoms with Gasteiger partial charge in [0, 0.05) is 11.8 Å². The largest absolute Gasteiger partial charge is 0.433 e. The van der Waals surface area contributed by atoms with Crippen LogP contribution in [0.2, 0.25) is 0 Å². The van der Waals surface area contributed by atoms with E-state index in [4.69, 9.17) is 0 Å². The molecule has 0 unspecified atom stereocenters. The van der Waals surface area contributed by atoms with E-state index in [1.54, 1.807) is 6.07 Å². The first-order valence-corrected chi connectivity index (χ1v) is 7.29. The van der Waals surface area contributed by atoms with E-state index in [2.05, 4.69) is 25.6 Å². The Hall–Kier alpha value is -2.55. The fourth-order valence-corrected chi connectivity index (χ4v) is 2.18. The summed E-state index contributed by atoms with van der Waals surface area (Å²) in [6.07, 6.45) is -1.25. The second-order valence-electron chi connectivity index (χ2n) is 5.34. The van der Waals surface area contributed by atoms with E-state index in [9.17, 15) is 18.0 Å². The van der Waals surface area contributed by atoms with Crippen LogP contribution in [0.15, 0.2) is 30.7 Å². The van der Waals surface area contributed by atoms with Crippen LogP contribution >= 0.6 is 0 Å². The van der Waals surface area contributed by atoms with Crippen LogP contribution in [0.4, 0.5) is 13.2 Å². The van der Waals surface area contributed by atoms with Crippen molar-refractivity contribution in [3.05, 3.63) is 42.1 Å². The van der Waals surface area contributed by atoms with Crippen LogP contribution in [-0.2, 0) is 17.5 Å². The molecule has 0 radical (unpaired) electrons. The molecule has 24 heavy (non-hydrogen) atoms. The van der Waals surface area contributed by atoms with Gasteiger partial charge < -0.3 is 10.6 Å². The summed E-state index contributed by atoms with van der Waals surface area (Å²) < 4.78 is 37.6. The maximum atomic E-state index is 12.5. The third-order valence-electron chi connectivity index (χ3n) is 3.66. The average molecular weight is 337 g/mol. The van der Waals surface area contributed by atoms with Gasteiger partial charge in [-0.2, -0.15) is 13.2 Å². The molecule has 3 heterocycles. The zero-order valence-corrected chi connectivity index (χ0v) is 12.5. The normalized spacial score (nSPS) is 17.2. The molecule has 3 rings (SSSR count). The van der Waals surface area contributed by atoms with Gasteiger partial charge in [0.15, 0.2) is 0 Å². The van der Waals surface area contributed by atoms with Gasteiger partial charge in [-0.25, -0.2) is 9.97 Å². The van der Waals surface area contributed by atoms with Gasteiger partial charge in [0.2, 0.25) is 5.91 Å². The number of carbonyl (C=O) groups is 1. The minimum absolute atomic E-state index is 0.0994. The Bertz CT molecular complexity index is 729. The summed E-state index contributed by atoms with van der Waals surface area (Å²) in [4.78, 5) is 23.2. The molecule has 0 aromatic carbocycles. The second kappa shape index (κ2) is 6.52. The zero-order chi connectivity index (χ0) is 17.2. The van der Waals surface area contributed by atoms with Gasteiger partial charge in [0.25, 0.3) is 0 Å². The molecular weight excluding hydrogens is 323 g/mol. The highest BCUT2D eigenvalue weighted by atomic mass is 19.4. The molecule has 1 fully saturated rings. The molecule has 0 saturated carbocycles. The number of hydrogen-bond donors (Lipinski definition) is 2. The molecule has 2 aromatic heterocycles. The zero-order valence-electron chi connectivity index (χ0n) is 12.5. The fraction of sp³-hybridized carbons (Fsp3) is 0.333. The molecule has 1 saturated heterocycles. The Kier molecular flexibility index (Phi) is 4.43. The number of nitrogens with zero attached hydrogens (tertiary/aromatic N) is 3. The van der Waals surface area contributed by atoms with Gasteiger partial charge in [0.1, 0.15) is 12.0 Å². The van der Waals surface area contributed by atoms with Gasteiger partial charge >= 0.3 is 6.18 Å². The molecule has 126 valence electrons. The third kappa shape index (κ3) is 3.67. The van der Waals surface area contributed by atoms with Gasteiger partial charge in [-0.1, -0.05) is 0 Å². The lowest BCUT2D eigenvalue weighted by Crippen LogP contribution is -2.53. The van der Waals surface area contributed by atoms with E-state index in [1.165, 1.54) is 12.4 Å². The van der Waals surface area contributed by atoms with Crippen LogP contribution in [0.3, 0.4) is 0 Å². The van der Waals surface area contributed by atoms with Crippen molar-refractivity contribution >= 4 is 5.91 Å². The number of rotatable bonds is 4. The smallest absolute Gasteiger partial charge is 0.349 e. The van der Waals surface area contributed by atoms with Crippen molar-refractivity contribution in [2.75, 3.05) is 6.54 Å². The lowest BCUT2D eigenvalue weighted by molar-refractivity contribution is -0.141. The van der Waals surface area contributed by atoms with Crippen molar-refractivity contribution in [1.82, 2.24) is 25.6 Å². The predicted molar refractivity (Wildman–Crippen MR) is 78.5 cm³/mol. The number of pyridine rings is 1. The van der Waals surface area contributed by atoms with Gasteiger partial charge in [-0.15, -0.1) is 0 Å². The summed E-state index contributed by atoms with van der Waals surface area (Å²) in [5.41, 5.74) is 0.490. The van der Waals surface area contributed by atoms with E-state index >= 15 is 0 Å². The Morgan fingerprint density at radius 2 is 2.08 bits per heavy atom. The number of halogens is 3. The number of hydrogen-bond acceptors (Lipinski definition) is 5. The maximum absolute atomic E-state index is 12.5. The molecular formula is C15H14F3N5O. The lowest BCUT2D eigenvalue weighted by atomic mass is 10.1. The first kappa shape index (κ1) is 16.3. The van der Waals surface area contributed by atoms with Crippen LogP contribution in [0.5, 0.6) is 0 Å². The highest BCUT2D eigenvalue weighted by Crippen LogP contribution is 2.28. The highest BCUT2D eigenvalue weighted by Gasteiger charge is 2.32. The number of aromatic nitrogens is 3. The Balaban J connectivity index is 1.69. The van der Waals surface area contributed by atoms with Crippen molar-refractivity contribution in [1.29, 1.82) is 0 Å². The molecule has 1 aliphatic rings. The van der Waals surface area contributed by atoms with E-state index in [1.807, 2.05) is 0 Å². The minimum atomic E-state index is -4.48. The van der Waals surface area contributed by atoms with Crippen LogP contribution in [-0.4, -0.2) is 33.4 Å². The second-order valence-corrected chi connectivity index (χ2v) is 5.34. The Morgan fingerprint density at radius 3 is 2.67 bits per heavy atom. The number of amides is 1. The van der Waals surface area contributed by atoms with Crippen molar-refractivity contribution in [3.63, 3.8) is 0 Å². The predicted octanol–water partition coefficient (Wildman–Crippen LogP) is 1.54. The molecule has 6 nitrogen and oxygen atoms in total. The molecule has 2 N–H and O–H groups in total. The quantitative estimate of drug-likeness (QED) is 0.885. The standard InChI is InChI=1S/C15H14F3N5O/c16-15(17,18)13-2-1-9(6-20-13)12-5-10(22-8-23-12)7-21-14(24)11-3-4-19-11/h1-2,5-6,8,11,19H,3-4,7H2,(H,21,24)/t11-/m0/s1. The van der Waals surface area contributed by atoms with Gasteiger partial charge in [0.05, 0.1) is 24.0 Å². The summed E-state index contributed by atoms with van der Waals surface area (Å²) >= 11 is 0. The van der Waals surface area contributed by atoms with Crippen LogP contribution < -0.4 is 10.6 Å².